The number of rotatable bonds is 9. The smallest absolute Gasteiger partial charge is 0.191 e. The van der Waals surface area contributed by atoms with Gasteiger partial charge in [-0.15, -0.1) is 24.0 Å². The van der Waals surface area contributed by atoms with Crippen molar-refractivity contribution in [2.75, 3.05) is 90.1 Å². The summed E-state index contributed by atoms with van der Waals surface area (Å²) in [6.07, 6.45) is 1.08. The predicted molar refractivity (Wildman–Crippen MR) is 141 cm³/mol. The highest BCUT2D eigenvalue weighted by Crippen LogP contribution is 2.25. The molecular weight excluding hydrogens is 527 g/mol. The van der Waals surface area contributed by atoms with E-state index in [0.717, 1.165) is 108 Å². The van der Waals surface area contributed by atoms with Crippen molar-refractivity contribution >= 4 is 47.2 Å². The van der Waals surface area contributed by atoms with Crippen LogP contribution in [0, 0.1) is 0 Å². The lowest BCUT2D eigenvalue weighted by Crippen LogP contribution is -2.47. The first kappa shape index (κ1) is 26.4. The molecule has 0 spiro atoms. The van der Waals surface area contributed by atoms with Crippen LogP contribution < -0.4 is 15.5 Å². The molecule has 0 radical (unpaired) electrons. The Labute approximate surface area is 209 Å². The molecule has 2 heterocycles. The molecule has 1 aromatic rings. The topological polar surface area (TPSA) is 55.4 Å². The van der Waals surface area contributed by atoms with Gasteiger partial charge in [-0.25, -0.2) is 0 Å². The Morgan fingerprint density at radius 2 is 1.71 bits per heavy atom. The average molecular weight is 565 g/mol. The Hall–Kier alpha value is -0.810. The third kappa shape index (κ3) is 9.29. The van der Waals surface area contributed by atoms with Gasteiger partial charge < -0.3 is 20.3 Å². The monoisotopic (exact) mass is 564 g/mol. The van der Waals surface area contributed by atoms with Crippen LogP contribution in [-0.2, 0) is 4.74 Å². The molecule has 0 bridgehead atoms. The van der Waals surface area contributed by atoms with Crippen LogP contribution in [0.2, 0.25) is 5.02 Å². The molecule has 2 fully saturated rings. The average Bonchev–Trinajstić information content (AvgIpc) is 2.78. The number of para-hydroxylation sites is 1. The number of hydrogen-bond acceptors (Lipinski definition) is 5. The zero-order chi connectivity index (χ0) is 21.0. The standard InChI is InChI=1S/C22H37ClN6O.HI/c1-2-24-22(26-9-11-28-16-18-30-19-17-28)25-8-5-10-27-12-14-29(15-13-27)21-7-4-3-6-20(21)23;/h3-4,6-7H,2,5,8-19H2,1H3,(H2,24,25,26);1H. The maximum absolute atomic E-state index is 6.34. The maximum Gasteiger partial charge on any atom is 0.191 e. The fourth-order valence-electron chi connectivity index (χ4n) is 3.90. The van der Waals surface area contributed by atoms with Crippen molar-refractivity contribution in [1.29, 1.82) is 0 Å². The summed E-state index contributed by atoms with van der Waals surface area (Å²) in [7, 11) is 0. The molecule has 31 heavy (non-hydrogen) atoms. The molecule has 0 atom stereocenters. The molecule has 0 unspecified atom stereocenters. The number of hydrogen-bond donors (Lipinski definition) is 2. The van der Waals surface area contributed by atoms with Crippen molar-refractivity contribution in [1.82, 2.24) is 20.4 Å². The number of guanidine groups is 1. The molecule has 1 aromatic carbocycles. The predicted octanol–water partition coefficient (Wildman–Crippen LogP) is 2.36. The van der Waals surface area contributed by atoms with Gasteiger partial charge in [0.2, 0.25) is 0 Å². The molecular formula is C22H38ClIN6O. The van der Waals surface area contributed by atoms with Gasteiger partial charge in [0, 0.05) is 72.0 Å². The van der Waals surface area contributed by atoms with Gasteiger partial charge in [-0.3, -0.25) is 14.8 Å². The van der Waals surface area contributed by atoms with E-state index in [9.17, 15) is 0 Å². The summed E-state index contributed by atoms with van der Waals surface area (Å²) in [4.78, 5) is 12.1. The van der Waals surface area contributed by atoms with Gasteiger partial charge >= 0.3 is 0 Å². The summed E-state index contributed by atoms with van der Waals surface area (Å²) in [6.45, 7) is 14.8. The van der Waals surface area contributed by atoms with Crippen LogP contribution in [0.5, 0.6) is 0 Å². The minimum atomic E-state index is 0. The molecule has 0 saturated carbocycles. The second-order valence-corrected chi connectivity index (χ2v) is 8.18. The highest BCUT2D eigenvalue weighted by Gasteiger charge is 2.18. The Morgan fingerprint density at radius 3 is 2.42 bits per heavy atom. The van der Waals surface area contributed by atoms with Crippen molar-refractivity contribution in [2.24, 2.45) is 4.99 Å². The van der Waals surface area contributed by atoms with Gasteiger partial charge in [0.05, 0.1) is 23.9 Å². The van der Waals surface area contributed by atoms with E-state index in [4.69, 9.17) is 21.3 Å². The molecule has 7 nitrogen and oxygen atoms in total. The number of anilines is 1. The Morgan fingerprint density at radius 1 is 1.00 bits per heavy atom. The summed E-state index contributed by atoms with van der Waals surface area (Å²) in [5.74, 6) is 0.925. The molecule has 0 aromatic heterocycles. The van der Waals surface area contributed by atoms with E-state index in [1.807, 2.05) is 12.1 Å². The summed E-state index contributed by atoms with van der Waals surface area (Å²) < 4.78 is 5.40. The minimum Gasteiger partial charge on any atom is -0.379 e. The fourth-order valence-corrected chi connectivity index (χ4v) is 4.16. The zero-order valence-electron chi connectivity index (χ0n) is 18.7. The summed E-state index contributed by atoms with van der Waals surface area (Å²) in [5, 5.41) is 7.66. The summed E-state index contributed by atoms with van der Waals surface area (Å²) in [5.41, 5.74) is 1.15. The third-order valence-electron chi connectivity index (χ3n) is 5.64. The molecule has 176 valence electrons. The zero-order valence-corrected chi connectivity index (χ0v) is 21.8. The molecule has 3 rings (SSSR count). The number of piperazine rings is 1. The quantitative estimate of drug-likeness (QED) is 0.208. The molecule has 9 heteroatoms. The van der Waals surface area contributed by atoms with Crippen LogP contribution in [0.1, 0.15) is 13.3 Å². The van der Waals surface area contributed by atoms with E-state index in [-0.39, 0.29) is 24.0 Å². The van der Waals surface area contributed by atoms with Gasteiger partial charge in [-0.1, -0.05) is 23.7 Å². The second-order valence-electron chi connectivity index (χ2n) is 7.78. The van der Waals surface area contributed by atoms with Crippen molar-refractivity contribution in [3.63, 3.8) is 0 Å². The lowest BCUT2D eigenvalue weighted by Gasteiger charge is -2.36. The van der Waals surface area contributed by atoms with Crippen LogP contribution in [0.3, 0.4) is 0 Å². The molecule has 2 N–H and O–H groups in total. The molecule has 0 amide bonds. The number of benzene rings is 1. The van der Waals surface area contributed by atoms with E-state index < -0.39 is 0 Å². The summed E-state index contributed by atoms with van der Waals surface area (Å²) in [6, 6.07) is 8.13. The molecule has 2 saturated heterocycles. The minimum absolute atomic E-state index is 0. The fraction of sp³-hybridized carbons (Fsp3) is 0.682. The Bertz CT molecular complexity index is 651. The lowest BCUT2D eigenvalue weighted by molar-refractivity contribution is 0.0389. The number of halogens is 2. The number of ether oxygens (including phenoxy) is 1. The first-order chi connectivity index (χ1) is 14.8. The first-order valence-electron chi connectivity index (χ1n) is 11.3. The second kappa shape index (κ2) is 15.1. The molecule has 2 aliphatic rings. The number of morpholine rings is 1. The van der Waals surface area contributed by atoms with Gasteiger partial charge in [0.15, 0.2) is 5.96 Å². The normalized spacial score (nSPS) is 18.5. The van der Waals surface area contributed by atoms with E-state index in [2.05, 4.69) is 44.4 Å². The highest BCUT2D eigenvalue weighted by molar-refractivity contribution is 14.0. The van der Waals surface area contributed by atoms with E-state index >= 15 is 0 Å². The molecule has 0 aliphatic carbocycles. The van der Waals surface area contributed by atoms with Gasteiger partial charge in [-0.2, -0.15) is 0 Å². The number of nitrogens with one attached hydrogen (secondary N) is 2. The Kier molecular flexibility index (Phi) is 12.9. The van der Waals surface area contributed by atoms with Gasteiger partial charge in [0.25, 0.3) is 0 Å². The lowest BCUT2D eigenvalue weighted by atomic mass is 10.2. The van der Waals surface area contributed by atoms with Crippen LogP contribution in [-0.4, -0.2) is 101 Å². The van der Waals surface area contributed by atoms with Crippen LogP contribution in [0.15, 0.2) is 29.3 Å². The maximum atomic E-state index is 6.34. The number of nitrogens with zero attached hydrogens (tertiary/aromatic N) is 4. The van der Waals surface area contributed by atoms with Gasteiger partial charge in [0.1, 0.15) is 0 Å². The van der Waals surface area contributed by atoms with E-state index in [0.29, 0.717) is 0 Å². The van der Waals surface area contributed by atoms with Crippen LogP contribution in [0.4, 0.5) is 5.69 Å². The largest absolute Gasteiger partial charge is 0.379 e. The van der Waals surface area contributed by atoms with Gasteiger partial charge in [-0.05, 0) is 25.5 Å². The van der Waals surface area contributed by atoms with Crippen molar-refractivity contribution in [2.45, 2.75) is 13.3 Å². The van der Waals surface area contributed by atoms with Crippen molar-refractivity contribution in [3.05, 3.63) is 29.3 Å². The van der Waals surface area contributed by atoms with Crippen LogP contribution >= 0.6 is 35.6 Å². The molecule has 2 aliphatic heterocycles. The highest BCUT2D eigenvalue weighted by atomic mass is 127. The van der Waals surface area contributed by atoms with Crippen molar-refractivity contribution in [3.8, 4) is 0 Å². The Balaban J connectivity index is 0.00000341. The third-order valence-corrected chi connectivity index (χ3v) is 5.96. The SMILES string of the molecule is CCNC(=NCCCN1CCN(c2ccccc2Cl)CC1)NCCN1CCOCC1.I. The number of aliphatic imine (C=N–C) groups is 1. The van der Waals surface area contributed by atoms with E-state index in [1.54, 1.807) is 0 Å². The first-order valence-corrected chi connectivity index (χ1v) is 11.7. The summed E-state index contributed by atoms with van der Waals surface area (Å²) >= 11 is 6.34. The van der Waals surface area contributed by atoms with E-state index in [1.165, 1.54) is 0 Å². The van der Waals surface area contributed by atoms with Crippen molar-refractivity contribution < 1.29 is 4.74 Å². The van der Waals surface area contributed by atoms with Crippen LogP contribution in [0.25, 0.3) is 0 Å².